The predicted molar refractivity (Wildman–Crippen MR) is 73.4 cm³/mol. The number of aromatic nitrogens is 3. The molecule has 2 aromatic rings. The number of hydrogen-bond donors (Lipinski definition) is 0. The molecule has 0 spiro atoms. The fourth-order valence-corrected chi connectivity index (χ4v) is 4.08. The first-order valence-corrected chi connectivity index (χ1v) is 7.77. The zero-order valence-corrected chi connectivity index (χ0v) is 12.5. The maximum absolute atomic E-state index is 12.7. The van der Waals surface area contributed by atoms with Crippen LogP contribution >= 0.6 is 0 Å². The summed E-state index contributed by atoms with van der Waals surface area (Å²) in [5.41, 5.74) is 3.60. The van der Waals surface area contributed by atoms with Crippen LogP contribution in [0.25, 0.3) is 0 Å². The van der Waals surface area contributed by atoms with Crippen molar-refractivity contribution in [2.75, 3.05) is 0 Å². The summed E-state index contributed by atoms with van der Waals surface area (Å²) in [7, 11) is -1.88. The van der Waals surface area contributed by atoms with E-state index in [1.165, 1.54) is 8.99 Å². The van der Waals surface area contributed by atoms with Gasteiger partial charge in [0.15, 0.2) is 5.03 Å². The van der Waals surface area contributed by atoms with E-state index in [0.717, 1.165) is 16.8 Å². The third kappa shape index (κ3) is 2.03. The number of sulfonamides is 1. The van der Waals surface area contributed by atoms with Gasteiger partial charge in [0.25, 0.3) is 10.0 Å². The molecule has 1 aliphatic rings. The van der Waals surface area contributed by atoms with E-state index in [-0.39, 0.29) is 5.03 Å². The summed E-state index contributed by atoms with van der Waals surface area (Å²) in [5.74, 6) is 0. The zero-order chi connectivity index (χ0) is 14.5. The Hall–Kier alpha value is -1.73. The van der Waals surface area contributed by atoms with Crippen LogP contribution in [-0.4, -0.2) is 27.5 Å². The lowest BCUT2D eigenvalue weighted by Gasteiger charge is -2.15. The van der Waals surface area contributed by atoms with Crippen LogP contribution in [0.5, 0.6) is 0 Å². The van der Waals surface area contributed by atoms with Crippen molar-refractivity contribution in [1.82, 2.24) is 19.1 Å². The average molecular weight is 292 g/mol. The van der Waals surface area contributed by atoms with Crippen LogP contribution in [0.1, 0.15) is 22.5 Å². The molecule has 3 rings (SSSR count). The maximum Gasteiger partial charge on any atom is 0.260 e. The molecule has 0 fully saturated rings. The maximum atomic E-state index is 12.7. The van der Waals surface area contributed by atoms with Gasteiger partial charge >= 0.3 is 0 Å². The van der Waals surface area contributed by atoms with Gasteiger partial charge in [0.1, 0.15) is 0 Å². The van der Waals surface area contributed by atoms with Gasteiger partial charge in [-0.3, -0.25) is 9.67 Å². The molecule has 0 saturated heterocycles. The largest absolute Gasteiger partial charge is 0.261 e. The Kier molecular flexibility index (Phi) is 2.91. The van der Waals surface area contributed by atoms with Crippen molar-refractivity contribution < 1.29 is 8.42 Å². The first-order valence-electron chi connectivity index (χ1n) is 6.33. The SMILES string of the molecule is Cc1cc2c(cn1)CN(S(=O)(=O)c1cc(C)nn1C)C2. The molecule has 7 heteroatoms. The first-order chi connectivity index (χ1) is 9.38. The second-order valence-electron chi connectivity index (χ2n) is 5.12. The number of rotatable bonds is 2. The molecule has 3 heterocycles. The van der Waals surface area contributed by atoms with Crippen molar-refractivity contribution >= 4 is 10.0 Å². The van der Waals surface area contributed by atoms with E-state index >= 15 is 0 Å². The minimum absolute atomic E-state index is 0.229. The molecular weight excluding hydrogens is 276 g/mol. The number of pyridine rings is 1. The summed E-state index contributed by atoms with van der Waals surface area (Å²) in [6.45, 7) is 4.45. The molecule has 1 aliphatic heterocycles. The number of nitrogens with zero attached hydrogens (tertiary/aromatic N) is 4. The molecule has 0 aromatic carbocycles. The molecule has 0 radical (unpaired) electrons. The van der Waals surface area contributed by atoms with Crippen LogP contribution in [0.4, 0.5) is 0 Å². The highest BCUT2D eigenvalue weighted by atomic mass is 32.2. The van der Waals surface area contributed by atoms with Crippen LogP contribution in [-0.2, 0) is 30.2 Å². The minimum Gasteiger partial charge on any atom is -0.261 e. The highest BCUT2D eigenvalue weighted by Gasteiger charge is 2.33. The summed E-state index contributed by atoms with van der Waals surface area (Å²) in [6.07, 6.45) is 1.76. The lowest BCUT2D eigenvalue weighted by Crippen LogP contribution is -2.27. The highest BCUT2D eigenvalue weighted by molar-refractivity contribution is 7.89. The van der Waals surface area contributed by atoms with Crippen molar-refractivity contribution in [2.45, 2.75) is 32.0 Å². The molecular formula is C13H16N4O2S. The van der Waals surface area contributed by atoms with Gasteiger partial charge in [-0.1, -0.05) is 0 Å². The fourth-order valence-electron chi connectivity index (χ4n) is 2.50. The van der Waals surface area contributed by atoms with Crippen molar-refractivity contribution in [1.29, 1.82) is 0 Å². The molecule has 20 heavy (non-hydrogen) atoms. The van der Waals surface area contributed by atoms with Gasteiger partial charge in [-0.2, -0.15) is 9.40 Å². The van der Waals surface area contributed by atoms with Crippen molar-refractivity contribution in [3.63, 3.8) is 0 Å². The van der Waals surface area contributed by atoms with E-state index in [1.54, 1.807) is 26.2 Å². The van der Waals surface area contributed by atoms with Crippen molar-refractivity contribution in [2.24, 2.45) is 7.05 Å². The molecule has 0 bridgehead atoms. The normalized spacial score (nSPS) is 15.6. The monoisotopic (exact) mass is 292 g/mol. The van der Waals surface area contributed by atoms with Crippen LogP contribution in [0.15, 0.2) is 23.4 Å². The number of fused-ring (bicyclic) bond motifs is 1. The molecule has 0 amide bonds. The van der Waals surface area contributed by atoms with E-state index in [2.05, 4.69) is 10.1 Å². The van der Waals surface area contributed by atoms with E-state index in [4.69, 9.17) is 0 Å². The average Bonchev–Trinajstić information content (AvgIpc) is 2.92. The summed E-state index contributed by atoms with van der Waals surface area (Å²) < 4.78 is 28.2. The molecule has 6 nitrogen and oxygen atoms in total. The first kappa shape index (κ1) is 13.3. The van der Waals surface area contributed by atoms with Gasteiger partial charge in [0.2, 0.25) is 0 Å². The fraction of sp³-hybridized carbons (Fsp3) is 0.385. The quantitative estimate of drug-likeness (QED) is 0.832. The Bertz CT molecular complexity index is 780. The zero-order valence-electron chi connectivity index (χ0n) is 11.7. The van der Waals surface area contributed by atoms with Gasteiger partial charge in [-0.25, -0.2) is 8.42 Å². The van der Waals surface area contributed by atoms with Gasteiger partial charge in [-0.15, -0.1) is 0 Å². The molecule has 0 unspecified atom stereocenters. The van der Waals surface area contributed by atoms with Gasteiger partial charge in [0.05, 0.1) is 5.69 Å². The van der Waals surface area contributed by atoms with Gasteiger partial charge in [-0.05, 0) is 37.1 Å². The lowest BCUT2D eigenvalue weighted by molar-refractivity contribution is 0.424. The standard InChI is InChI=1S/C13H16N4O2S/c1-9-4-11-7-17(8-12(11)6-14-9)20(18,19)13-5-10(2)15-16(13)3/h4-6H,7-8H2,1-3H3. The number of hydrogen-bond acceptors (Lipinski definition) is 4. The second-order valence-corrected chi connectivity index (χ2v) is 7.00. The second kappa shape index (κ2) is 4.39. The van der Waals surface area contributed by atoms with Crippen LogP contribution in [0.3, 0.4) is 0 Å². The van der Waals surface area contributed by atoms with Crippen LogP contribution in [0, 0.1) is 13.8 Å². The number of aryl methyl sites for hydroxylation is 3. The minimum atomic E-state index is -3.52. The summed E-state index contributed by atoms with van der Waals surface area (Å²) >= 11 is 0. The molecule has 0 N–H and O–H groups in total. The van der Waals surface area contributed by atoms with Gasteiger partial charge < -0.3 is 0 Å². The van der Waals surface area contributed by atoms with Gasteiger partial charge in [0, 0.05) is 32.0 Å². The van der Waals surface area contributed by atoms with Crippen molar-refractivity contribution in [3.05, 3.63) is 40.8 Å². The molecule has 0 aliphatic carbocycles. The summed E-state index contributed by atoms with van der Waals surface area (Å²) in [5, 5.41) is 4.34. The molecule has 0 atom stereocenters. The van der Waals surface area contributed by atoms with E-state index in [9.17, 15) is 8.42 Å². The van der Waals surface area contributed by atoms with Crippen LogP contribution in [0.2, 0.25) is 0 Å². The van der Waals surface area contributed by atoms with E-state index in [0.29, 0.717) is 18.8 Å². The molecule has 2 aromatic heterocycles. The molecule has 106 valence electrons. The third-order valence-corrected chi connectivity index (χ3v) is 5.32. The Balaban J connectivity index is 1.98. The smallest absolute Gasteiger partial charge is 0.260 e. The Morgan fingerprint density at radius 3 is 2.45 bits per heavy atom. The Morgan fingerprint density at radius 1 is 1.10 bits per heavy atom. The highest BCUT2D eigenvalue weighted by Crippen LogP contribution is 2.28. The third-order valence-electron chi connectivity index (χ3n) is 3.48. The Morgan fingerprint density at radius 2 is 1.80 bits per heavy atom. The molecule has 0 saturated carbocycles. The lowest BCUT2D eigenvalue weighted by atomic mass is 10.2. The topological polar surface area (TPSA) is 68.1 Å². The van der Waals surface area contributed by atoms with Crippen LogP contribution < -0.4 is 0 Å². The van der Waals surface area contributed by atoms with Crippen molar-refractivity contribution in [3.8, 4) is 0 Å². The predicted octanol–water partition coefficient (Wildman–Crippen LogP) is 1.14. The van der Waals surface area contributed by atoms with E-state index in [1.807, 2.05) is 13.0 Å². The summed E-state index contributed by atoms with van der Waals surface area (Å²) in [4.78, 5) is 4.22. The summed E-state index contributed by atoms with van der Waals surface area (Å²) in [6, 6.07) is 3.54. The van der Waals surface area contributed by atoms with E-state index < -0.39 is 10.0 Å². The Labute approximate surface area is 118 Å².